The second kappa shape index (κ2) is 3.94. The maximum atomic E-state index is 10.3. The average molecular weight is 170 g/mol. The van der Waals surface area contributed by atoms with Gasteiger partial charge in [-0.25, -0.2) is 0 Å². The van der Waals surface area contributed by atoms with Crippen LogP contribution in [-0.4, -0.2) is 5.91 Å². The van der Waals surface area contributed by atoms with Gasteiger partial charge in [0.1, 0.15) is 0 Å². The minimum absolute atomic E-state index is 0.560. The Bertz CT molecular complexity index is 415. The predicted octanol–water partition coefficient (Wildman–Crippen LogP) is 0.395. The third-order valence-electron chi connectivity index (χ3n) is 1.34. The predicted molar refractivity (Wildman–Crippen MR) is 47.2 cm³/mol. The van der Waals surface area contributed by atoms with E-state index in [4.69, 9.17) is 11.0 Å². The molecule has 0 aromatic heterocycles. The summed E-state index contributed by atoms with van der Waals surface area (Å²) in [4.78, 5) is 10.3. The highest BCUT2D eigenvalue weighted by Gasteiger charge is 1.89. The summed E-state index contributed by atoms with van der Waals surface area (Å²) in [5, 5.41) is 8.49. The fourth-order valence-corrected chi connectivity index (χ4v) is 0.762. The second-order valence-electron chi connectivity index (χ2n) is 2.30. The minimum atomic E-state index is -0.663. The summed E-state index contributed by atoms with van der Waals surface area (Å²) in [7, 11) is 0. The normalized spacial score (nSPS) is 7.92. The van der Waals surface area contributed by atoms with Crippen molar-refractivity contribution in [2.24, 2.45) is 5.73 Å². The van der Waals surface area contributed by atoms with Crippen LogP contribution in [0.15, 0.2) is 24.3 Å². The van der Waals surface area contributed by atoms with E-state index >= 15 is 0 Å². The van der Waals surface area contributed by atoms with Crippen molar-refractivity contribution < 1.29 is 4.79 Å². The molecule has 3 heteroatoms. The van der Waals surface area contributed by atoms with Gasteiger partial charge in [-0.1, -0.05) is 5.92 Å². The highest BCUT2D eigenvalue weighted by Crippen LogP contribution is 2.00. The summed E-state index contributed by atoms with van der Waals surface area (Å²) in [6.07, 6.45) is 0. The van der Waals surface area contributed by atoms with E-state index in [0.29, 0.717) is 11.1 Å². The third kappa shape index (κ3) is 2.69. The topological polar surface area (TPSA) is 66.9 Å². The van der Waals surface area contributed by atoms with Crippen molar-refractivity contribution in [2.45, 2.75) is 0 Å². The summed E-state index contributed by atoms with van der Waals surface area (Å²) >= 11 is 0. The minimum Gasteiger partial charge on any atom is -0.359 e. The lowest BCUT2D eigenvalue weighted by Crippen LogP contribution is -2.06. The van der Waals surface area contributed by atoms with Gasteiger partial charge >= 0.3 is 0 Å². The number of amides is 1. The summed E-state index contributed by atoms with van der Waals surface area (Å²) in [5.74, 6) is 4.10. The largest absolute Gasteiger partial charge is 0.359 e. The molecule has 1 amide bonds. The molecule has 0 fully saturated rings. The average Bonchev–Trinajstić information content (AvgIpc) is 2.15. The molecule has 0 radical (unpaired) electrons. The van der Waals surface area contributed by atoms with E-state index in [-0.39, 0.29) is 0 Å². The molecule has 13 heavy (non-hydrogen) atoms. The molecule has 0 aliphatic carbocycles. The Morgan fingerprint density at radius 3 is 2.23 bits per heavy atom. The molecule has 0 spiro atoms. The number of nitrogens with zero attached hydrogens (tertiary/aromatic N) is 1. The van der Waals surface area contributed by atoms with Crippen LogP contribution in [0, 0.1) is 23.2 Å². The van der Waals surface area contributed by atoms with Crippen molar-refractivity contribution in [1.29, 1.82) is 5.26 Å². The number of hydrogen-bond acceptors (Lipinski definition) is 2. The Hall–Kier alpha value is -2.26. The SMILES string of the molecule is N#Cc1ccc(C#CC(N)=O)cc1. The van der Waals surface area contributed by atoms with Crippen LogP contribution in [0.4, 0.5) is 0 Å². The molecular weight excluding hydrogens is 164 g/mol. The van der Waals surface area contributed by atoms with Crippen molar-refractivity contribution >= 4 is 5.91 Å². The lowest BCUT2D eigenvalue weighted by atomic mass is 10.1. The number of nitriles is 1. The van der Waals surface area contributed by atoms with Crippen molar-refractivity contribution in [2.75, 3.05) is 0 Å². The Kier molecular flexibility index (Phi) is 2.68. The first-order chi connectivity index (χ1) is 6.22. The zero-order chi connectivity index (χ0) is 9.68. The van der Waals surface area contributed by atoms with Crippen molar-refractivity contribution in [3.63, 3.8) is 0 Å². The van der Waals surface area contributed by atoms with E-state index < -0.39 is 5.91 Å². The molecule has 0 heterocycles. The zero-order valence-electron chi connectivity index (χ0n) is 6.74. The molecule has 0 atom stereocenters. The van der Waals surface area contributed by atoms with Gasteiger partial charge in [0, 0.05) is 5.56 Å². The van der Waals surface area contributed by atoms with Crippen LogP contribution in [-0.2, 0) is 4.79 Å². The van der Waals surface area contributed by atoms with E-state index in [9.17, 15) is 4.79 Å². The Labute approximate surface area is 75.8 Å². The number of carbonyl (C=O) groups excluding carboxylic acids is 1. The molecule has 1 rings (SSSR count). The number of benzene rings is 1. The molecule has 1 aromatic rings. The standard InChI is InChI=1S/C10H6N2O/c11-7-9-3-1-8(2-4-9)5-6-10(12)13/h1-4H,(H2,12,13). The molecule has 0 bridgehead atoms. The Morgan fingerprint density at radius 1 is 1.23 bits per heavy atom. The van der Waals surface area contributed by atoms with Gasteiger partial charge in [0.05, 0.1) is 11.6 Å². The highest BCUT2D eigenvalue weighted by atomic mass is 16.1. The van der Waals surface area contributed by atoms with Crippen molar-refractivity contribution in [1.82, 2.24) is 0 Å². The summed E-state index contributed by atoms with van der Waals surface area (Å²) in [5.41, 5.74) is 6.06. The second-order valence-corrected chi connectivity index (χ2v) is 2.30. The summed E-state index contributed by atoms with van der Waals surface area (Å²) in [6, 6.07) is 8.56. The molecule has 0 saturated carbocycles. The first-order valence-electron chi connectivity index (χ1n) is 3.54. The summed E-state index contributed by atoms with van der Waals surface area (Å²) in [6.45, 7) is 0. The van der Waals surface area contributed by atoms with Crippen LogP contribution in [0.1, 0.15) is 11.1 Å². The van der Waals surface area contributed by atoms with Crippen LogP contribution in [0.5, 0.6) is 0 Å². The fraction of sp³-hybridized carbons (Fsp3) is 0. The molecule has 0 unspecified atom stereocenters. The fourth-order valence-electron chi connectivity index (χ4n) is 0.762. The zero-order valence-corrected chi connectivity index (χ0v) is 6.74. The van der Waals surface area contributed by atoms with Gasteiger partial charge in [0.15, 0.2) is 0 Å². The van der Waals surface area contributed by atoms with Crippen LogP contribution >= 0.6 is 0 Å². The number of rotatable bonds is 0. The molecule has 0 aliphatic heterocycles. The molecule has 3 nitrogen and oxygen atoms in total. The van der Waals surface area contributed by atoms with Gasteiger partial charge in [-0.05, 0) is 30.2 Å². The maximum Gasteiger partial charge on any atom is 0.293 e. The lowest BCUT2D eigenvalue weighted by molar-refractivity contribution is -0.112. The van der Waals surface area contributed by atoms with Crippen molar-refractivity contribution in [3.05, 3.63) is 35.4 Å². The number of primary amides is 1. The van der Waals surface area contributed by atoms with Gasteiger partial charge in [-0.2, -0.15) is 5.26 Å². The maximum absolute atomic E-state index is 10.3. The molecule has 0 aliphatic rings. The van der Waals surface area contributed by atoms with E-state index in [1.807, 2.05) is 6.07 Å². The van der Waals surface area contributed by atoms with Crippen LogP contribution in [0.3, 0.4) is 0 Å². The number of hydrogen-bond donors (Lipinski definition) is 1. The first-order valence-corrected chi connectivity index (χ1v) is 3.54. The monoisotopic (exact) mass is 170 g/mol. The Balaban J connectivity index is 2.90. The van der Waals surface area contributed by atoms with Gasteiger partial charge in [-0.15, -0.1) is 0 Å². The van der Waals surface area contributed by atoms with Crippen LogP contribution in [0.2, 0.25) is 0 Å². The molecule has 2 N–H and O–H groups in total. The Morgan fingerprint density at radius 2 is 1.77 bits per heavy atom. The van der Waals surface area contributed by atoms with Crippen LogP contribution < -0.4 is 5.73 Å². The van der Waals surface area contributed by atoms with Gasteiger partial charge < -0.3 is 5.73 Å². The number of nitrogens with two attached hydrogens (primary N) is 1. The van der Waals surface area contributed by atoms with Crippen molar-refractivity contribution in [3.8, 4) is 17.9 Å². The van der Waals surface area contributed by atoms with Gasteiger partial charge in [0.2, 0.25) is 0 Å². The molecule has 62 valence electrons. The quantitative estimate of drug-likeness (QED) is 0.572. The van der Waals surface area contributed by atoms with E-state index in [0.717, 1.165) is 0 Å². The lowest BCUT2D eigenvalue weighted by Gasteiger charge is -1.88. The van der Waals surface area contributed by atoms with E-state index in [1.165, 1.54) is 0 Å². The smallest absolute Gasteiger partial charge is 0.293 e. The number of carbonyl (C=O) groups is 1. The third-order valence-corrected chi connectivity index (χ3v) is 1.34. The molecule has 0 saturated heterocycles. The van der Waals surface area contributed by atoms with Crippen LogP contribution in [0.25, 0.3) is 0 Å². The van der Waals surface area contributed by atoms with E-state index in [2.05, 4.69) is 11.8 Å². The summed E-state index contributed by atoms with van der Waals surface area (Å²) < 4.78 is 0. The van der Waals surface area contributed by atoms with Gasteiger partial charge in [-0.3, -0.25) is 4.79 Å². The van der Waals surface area contributed by atoms with Gasteiger partial charge in [0.25, 0.3) is 5.91 Å². The highest BCUT2D eigenvalue weighted by molar-refractivity contribution is 5.92. The van der Waals surface area contributed by atoms with E-state index in [1.54, 1.807) is 24.3 Å². The molecule has 1 aromatic carbocycles. The first kappa shape index (κ1) is 8.83. The molecular formula is C10H6N2O.